The molecule has 1 aliphatic heterocycles. The number of carbonyl (C=O) groups is 3. The summed E-state index contributed by atoms with van der Waals surface area (Å²) in [4.78, 5) is 37.2. The van der Waals surface area contributed by atoms with Crippen molar-refractivity contribution in [3.63, 3.8) is 0 Å². The van der Waals surface area contributed by atoms with Crippen LogP contribution in [-0.2, 0) is 4.79 Å². The van der Waals surface area contributed by atoms with Gasteiger partial charge in [-0.2, -0.15) is 0 Å². The first-order valence-corrected chi connectivity index (χ1v) is 8.61. The first-order chi connectivity index (χ1) is 13.0. The maximum absolute atomic E-state index is 12.3. The number of carboxylic acid groups (broad SMARTS) is 1. The molecule has 0 saturated heterocycles. The Kier molecular flexibility index (Phi) is 5.40. The lowest BCUT2D eigenvalue weighted by molar-refractivity contribution is -0.121. The van der Waals surface area contributed by atoms with Gasteiger partial charge in [-0.25, -0.2) is 4.79 Å². The van der Waals surface area contributed by atoms with E-state index in [1.807, 2.05) is 24.3 Å². The first-order valence-electron chi connectivity index (χ1n) is 8.61. The van der Waals surface area contributed by atoms with Crippen molar-refractivity contribution in [3.05, 3.63) is 59.2 Å². The summed E-state index contributed by atoms with van der Waals surface area (Å²) in [7, 11) is 0. The number of amides is 2. The summed E-state index contributed by atoms with van der Waals surface area (Å²) >= 11 is 0. The molecule has 2 aromatic carbocycles. The van der Waals surface area contributed by atoms with Crippen LogP contribution in [0.2, 0.25) is 0 Å². The summed E-state index contributed by atoms with van der Waals surface area (Å²) in [5.41, 5.74) is 1.82. The third-order valence-corrected chi connectivity index (χ3v) is 4.24. The Morgan fingerprint density at radius 3 is 2.70 bits per heavy atom. The number of anilines is 1. The number of carbonyl (C=O) groups excluding carboxylic acids is 2. The summed E-state index contributed by atoms with van der Waals surface area (Å²) in [6.45, 7) is 2.56. The molecule has 1 aliphatic rings. The average molecular weight is 368 g/mol. The zero-order valence-corrected chi connectivity index (χ0v) is 14.9. The van der Waals surface area contributed by atoms with Crippen LogP contribution in [0.5, 0.6) is 5.75 Å². The molecule has 2 aromatic rings. The zero-order valence-electron chi connectivity index (χ0n) is 14.9. The topological polar surface area (TPSA) is 95.9 Å². The van der Waals surface area contributed by atoms with E-state index in [-0.39, 0.29) is 24.0 Å². The molecule has 0 radical (unpaired) electrons. The number of para-hydroxylation sites is 2. The van der Waals surface area contributed by atoms with Crippen LogP contribution >= 0.6 is 0 Å². The van der Waals surface area contributed by atoms with Gasteiger partial charge < -0.3 is 20.1 Å². The van der Waals surface area contributed by atoms with Crippen LogP contribution in [-0.4, -0.2) is 42.6 Å². The molecule has 0 bridgehead atoms. The average Bonchev–Trinajstić information content (AvgIpc) is 2.65. The number of fused-ring (bicyclic) bond motifs is 1. The maximum atomic E-state index is 12.3. The minimum Gasteiger partial charge on any atom is -0.482 e. The molecule has 0 unspecified atom stereocenters. The zero-order chi connectivity index (χ0) is 19.4. The van der Waals surface area contributed by atoms with Crippen molar-refractivity contribution in [2.45, 2.75) is 13.3 Å². The molecule has 0 fully saturated rings. The fourth-order valence-electron chi connectivity index (χ4n) is 2.98. The molecule has 0 spiro atoms. The molecule has 0 atom stereocenters. The lowest BCUT2D eigenvalue weighted by atomic mass is 10.1. The van der Waals surface area contributed by atoms with E-state index in [0.717, 1.165) is 5.69 Å². The van der Waals surface area contributed by atoms with Crippen molar-refractivity contribution >= 4 is 23.5 Å². The molecule has 1 heterocycles. The number of nitrogens with one attached hydrogen (secondary N) is 1. The Morgan fingerprint density at radius 2 is 1.93 bits per heavy atom. The predicted octanol–water partition coefficient (Wildman–Crippen LogP) is 2.24. The Morgan fingerprint density at radius 1 is 1.19 bits per heavy atom. The van der Waals surface area contributed by atoms with Gasteiger partial charge >= 0.3 is 5.97 Å². The molecule has 0 aliphatic carbocycles. The van der Waals surface area contributed by atoms with Crippen molar-refractivity contribution in [3.8, 4) is 5.75 Å². The van der Waals surface area contributed by atoms with Gasteiger partial charge in [-0.3, -0.25) is 9.59 Å². The second-order valence-electron chi connectivity index (χ2n) is 6.30. The van der Waals surface area contributed by atoms with Crippen molar-refractivity contribution in [2.75, 3.05) is 24.6 Å². The van der Waals surface area contributed by atoms with Crippen LogP contribution < -0.4 is 15.0 Å². The van der Waals surface area contributed by atoms with Gasteiger partial charge in [0.1, 0.15) is 5.75 Å². The third-order valence-electron chi connectivity index (χ3n) is 4.24. The minimum atomic E-state index is -1.07. The number of benzene rings is 2. The second kappa shape index (κ2) is 7.90. The van der Waals surface area contributed by atoms with E-state index >= 15 is 0 Å². The molecule has 3 rings (SSSR count). The lowest BCUT2D eigenvalue weighted by Gasteiger charge is -2.29. The highest BCUT2D eigenvalue weighted by atomic mass is 16.5. The number of rotatable bonds is 6. The summed E-state index contributed by atoms with van der Waals surface area (Å²) in [6, 6.07) is 11.8. The SMILES string of the molecule is Cc1cc(C(=O)O)cc(C(=O)NCCCN2C(=O)COc3ccccc32)c1. The Bertz CT molecular complexity index is 894. The fraction of sp³-hybridized carbons (Fsp3) is 0.250. The van der Waals surface area contributed by atoms with Crippen LogP contribution in [0.25, 0.3) is 0 Å². The van der Waals surface area contributed by atoms with Crippen molar-refractivity contribution in [2.24, 2.45) is 0 Å². The van der Waals surface area contributed by atoms with Crippen molar-refractivity contribution in [1.82, 2.24) is 5.32 Å². The Hall–Kier alpha value is -3.35. The molecule has 0 saturated carbocycles. The molecule has 2 amide bonds. The monoisotopic (exact) mass is 368 g/mol. The van der Waals surface area contributed by atoms with Crippen LogP contribution in [0.15, 0.2) is 42.5 Å². The quantitative estimate of drug-likeness (QED) is 0.763. The number of aryl methyl sites for hydroxylation is 1. The number of ether oxygens (including phenoxy) is 1. The van der Waals surface area contributed by atoms with E-state index in [4.69, 9.17) is 9.84 Å². The molecule has 7 heteroatoms. The van der Waals surface area contributed by atoms with Gasteiger partial charge in [0.25, 0.3) is 11.8 Å². The second-order valence-corrected chi connectivity index (χ2v) is 6.30. The largest absolute Gasteiger partial charge is 0.482 e. The van der Waals surface area contributed by atoms with Crippen LogP contribution in [0, 0.1) is 6.92 Å². The van der Waals surface area contributed by atoms with Crippen molar-refractivity contribution < 1.29 is 24.2 Å². The maximum Gasteiger partial charge on any atom is 0.335 e. The fourth-order valence-corrected chi connectivity index (χ4v) is 2.98. The van der Waals surface area contributed by atoms with Gasteiger partial charge in [-0.1, -0.05) is 12.1 Å². The number of hydrogen-bond acceptors (Lipinski definition) is 4. The molecule has 140 valence electrons. The van der Waals surface area contributed by atoms with Gasteiger partial charge in [0.2, 0.25) is 0 Å². The van der Waals surface area contributed by atoms with E-state index < -0.39 is 5.97 Å². The van der Waals surface area contributed by atoms with Gasteiger partial charge in [0, 0.05) is 18.7 Å². The summed E-state index contributed by atoms with van der Waals surface area (Å²) in [5, 5.41) is 11.9. The smallest absolute Gasteiger partial charge is 0.335 e. The molecule has 2 N–H and O–H groups in total. The summed E-state index contributed by atoms with van der Waals surface area (Å²) < 4.78 is 5.40. The van der Waals surface area contributed by atoms with Gasteiger partial charge in [0.15, 0.2) is 6.61 Å². The van der Waals surface area contributed by atoms with E-state index in [0.29, 0.717) is 36.4 Å². The van der Waals surface area contributed by atoms with E-state index in [9.17, 15) is 14.4 Å². The standard InChI is InChI=1S/C20H20N2O5/c1-13-9-14(11-15(10-13)20(25)26)19(24)21-7-4-8-22-16-5-2-3-6-17(16)27-12-18(22)23/h2-3,5-6,9-11H,4,7-8,12H2,1H3,(H,21,24)(H,25,26). The van der Waals surface area contributed by atoms with Gasteiger partial charge in [-0.05, 0) is 49.2 Å². The number of nitrogens with zero attached hydrogens (tertiary/aromatic N) is 1. The molecular weight excluding hydrogens is 348 g/mol. The van der Waals surface area contributed by atoms with E-state index in [2.05, 4.69) is 5.32 Å². The molecule has 0 aromatic heterocycles. The van der Waals surface area contributed by atoms with Crippen LogP contribution in [0.4, 0.5) is 5.69 Å². The normalized spacial score (nSPS) is 12.9. The number of hydrogen-bond donors (Lipinski definition) is 2. The molecular formula is C20H20N2O5. The Labute approximate surface area is 156 Å². The van der Waals surface area contributed by atoms with Crippen LogP contribution in [0.3, 0.4) is 0 Å². The van der Waals surface area contributed by atoms with Gasteiger partial charge in [0.05, 0.1) is 11.3 Å². The van der Waals surface area contributed by atoms with Gasteiger partial charge in [-0.15, -0.1) is 0 Å². The van der Waals surface area contributed by atoms with E-state index in [1.54, 1.807) is 17.9 Å². The summed E-state index contributed by atoms with van der Waals surface area (Å²) in [6.07, 6.45) is 0.559. The molecule has 27 heavy (non-hydrogen) atoms. The Balaban J connectivity index is 1.57. The highest BCUT2D eigenvalue weighted by Gasteiger charge is 2.24. The summed E-state index contributed by atoms with van der Waals surface area (Å²) in [5.74, 6) is -0.862. The predicted molar refractivity (Wildman–Crippen MR) is 99.4 cm³/mol. The number of carboxylic acids is 1. The van der Waals surface area contributed by atoms with E-state index in [1.165, 1.54) is 12.1 Å². The lowest BCUT2D eigenvalue weighted by Crippen LogP contribution is -2.40. The highest BCUT2D eigenvalue weighted by molar-refractivity contribution is 5.98. The third kappa shape index (κ3) is 4.25. The minimum absolute atomic E-state index is 0.00459. The first kappa shape index (κ1) is 18.4. The van der Waals surface area contributed by atoms with Crippen LogP contribution in [0.1, 0.15) is 32.7 Å². The number of aromatic carboxylic acids is 1. The highest BCUT2D eigenvalue weighted by Crippen LogP contribution is 2.31. The van der Waals surface area contributed by atoms with Crippen molar-refractivity contribution in [1.29, 1.82) is 0 Å². The molecule has 7 nitrogen and oxygen atoms in total.